The van der Waals surface area contributed by atoms with Gasteiger partial charge in [-0.3, -0.25) is 14.9 Å². The summed E-state index contributed by atoms with van der Waals surface area (Å²) in [7, 11) is 1.83. The third-order valence-electron chi connectivity index (χ3n) is 4.38. The number of carbonyl (C=O) groups excluding carboxylic acids is 1. The first-order chi connectivity index (χ1) is 13.0. The number of rotatable bonds is 5. The van der Waals surface area contributed by atoms with Gasteiger partial charge in [-0.2, -0.15) is 5.10 Å². The van der Waals surface area contributed by atoms with Gasteiger partial charge in [0.2, 0.25) is 5.91 Å². The highest BCUT2D eigenvalue weighted by molar-refractivity contribution is 6.01. The van der Waals surface area contributed by atoms with Crippen molar-refractivity contribution in [2.45, 2.75) is 26.1 Å². The Labute approximate surface area is 155 Å². The Morgan fingerprint density at radius 1 is 1.41 bits per heavy atom. The first-order valence-corrected chi connectivity index (χ1v) is 8.68. The number of hydrogen-bond acceptors (Lipinski definition) is 8. The highest BCUT2D eigenvalue weighted by atomic mass is 16.5. The largest absolute Gasteiger partial charge is 0.491 e. The summed E-state index contributed by atoms with van der Waals surface area (Å²) in [6.45, 7) is 4.40. The fourth-order valence-corrected chi connectivity index (χ4v) is 3.15. The third-order valence-corrected chi connectivity index (χ3v) is 4.38. The number of aryl methyl sites for hydroxylation is 1. The molecule has 3 heterocycles. The molecule has 142 valence electrons. The van der Waals surface area contributed by atoms with Crippen molar-refractivity contribution in [3.8, 4) is 5.75 Å². The molecule has 1 aromatic carbocycles. The predicted molar refractivity (Wildman–Crippen MR) is 96.6 cm³/mol. The number of ether oxygens (including phenoxy) is 1. The average Bonchev–Trinajstić information content (AvgIpc) is 3.35. The van der Waals surface area contributed by atoms with E-state index in [-0.39, 0.29) is 18.2 Å². The molecule has 1 saturated heterocycles. The predicted octanol–water partition coefficient (Wildman–Crippen LogP) is 0.208. The summed E-state index contributed by atoms with van der Waals surface area (Å²) in [6.07, 6.45) is 1.18. The molecule has 0 radical (unpaired) electrons. The van der Waals surface area contributed by atoms with E-state index < -0.39 is 5.92 Å². The van der Waals surface area contributed by atoms with Gasteiger partial charge in [0, 0.05) is 25.0 Å². The van der Waals surface area contributed by atoms with Gasteiger partial charge < -0.3 is 10.1 Å². The minimum absolute atomic E-state index is 0.0837. The van der Waals surface area contributed by atoms with Crippen LogP contribution in [0.3, 0.4) is 0 Å². The molecule has 1 fully saturated rings. The maximum atomic E-state index is 12.8. The molecule has 1 aliphatic heterocycles. The van der Waals surface area contributed by atoms with Crippen molar-refractivity contribution in [1.29, 1.82) is 0 Å². The SMILES string of the molecule is CC(C)Oc1ccc2c(NC(=O)C3CNNC3n3cnnn3)nn(C)c2c1. The molecule has 3 N–H and O–H groups in total. The second-order valence-corrected chi connectivity index (χ2v) is 6.67. The minimum Gasteiger partial charge on any atom is -0.491 e. The maximum Gasteiger partial charge on any atom is 0.233 e. The summed E-state index contributed by atoms with van der Waals surface area (Å²) < 4.78 is 8.97. The van der Waals surface area contributed by atoms with Crippen LogP contribution in [0.1, 0.15) is 20.0 Å². The van der Waals surface area contributed by atoms with Crippen molar-refractivity contribution in [2.75, 3.05) is 11.9 Å². The molecule has 1 aliphatic rings. The second kappa shape index (κ2) is 6.93. The van der Waals surface area contributed by atoms with Crippen molar-refractivity contribution in [3.63, 3.8) is 0 Å². The minimum atomic E-state index is -0.394. The van der Waals surface area contributed by atoms with Crippen LogP contribution in [0.5, 0.6) is 5.75 Å². The Morgan fingerprint density at radius 2 is 2.26 bits per heavy atom. The summed E-state index contributed by atoms with van der Waals surface area (Å²) in [5.41, 5.74) is 6.87. The Kier molecular flexibility index (Phi) is 4.46. The number of carbonyl (C=O) groups is 1. The zero-order valence-corrected chi connectivity index (χ0v) is 15.2. The van der Waals surface area contributed by atoms with E-state index in [4.69, 9.17) is 4.74 Å². The fraction of sp³-hybridized carbons (Fsp3) is 0.438. The number of hydrogen-bond donors (Lipinski definition) is 3. The van der Waals surface area contributed by atoms with Gasteiger partial charge in [0.15, 0.2) is 5.82 Å². The molecule has 2 atom stereocenters. The number of anilines is 1. The molecule has 1 amide bonds. The number of aromatic nitrogens is 6. The molecular weight excluding hydrogens is 350 g/mol. The summed E-state index contributed by atoms with van der Waals surface area (Å²) in [5.74, 6) is 0.710. The van der Waals surface area contributed by atoms with Gasteiger partial charge in [-0.1, -0.05) is 0 Å². The summed E-state index contributed by atoms with van der Waals surface area (Å²) in [4.78, 5) is 12.8. The van der Waals surface area contributed by atoms with Gasteiger partial charge in [0.05, 0.1) is 17.5 Å². The van der Waals surface area contributed by atoms with Gasteiger partial charge in [0.1, 0.15) is 18.2 Å². The van der Waals surface area contributed by atoms with Gasteiger partial charge in [-0.15, -0.1) is 5.10 Å². The number of nitrogens with zero attached hydrogens (tertiary/aromatic N) is 6. The Hall–Kier alpha value is -3.05. The molecular formula is C16H21N9O2. The van der Waals surface area contributed by atoms with Gasteiger partial charge in [0.25, 0.3) is 0 Å². The van der Waals surface area contributed by atoms with E-state index in [9.17, 15) is 4.79 Å². The van der Waals surface area contributed by atoms with E-state index in [2.05, 4.69) is 36.8 Å². The number of tetrazole rings is 1. The molecule has 0 aliphatic carbocycles. The van der Waals surface area contributed by atoms with Gasteiger partial charge in [-0.25, -0.2) is 10.1 Å². The Morgan fingerprint density at radius 3 is 3.00 bits per heavy atom. The molecule has 27 heavy (non-hydrogen) atoms. The van der Waals surface area contributed by atoms with Crippen LogP contribution in [-0.2, 0) is 11.8 Å². The molecule has 0 bridgehead atoms. The quantitative estimate of drug-likeness (QED) is 0.581. The molecule has 11 nitrogen and oxygen atoms in total. The van der Waals surface area contributed by atoms with Crippen LogP contribution in [0.4, 0.5) is 5.82 Å². The van der Waals surface area contributed by atoms with Crippen LogP contribution < -0.4 is 20.9 Å². The van der Waals surface area contributed by atoms with E-state index in [0.717, 1.165) is 16.7 Å². The van der Waals surface area contributed by atoms with E-state index in [1.165, 1.54) is 11.0 Å². The lowest BCUT2D eigenvalue weighted by atomic mass is 10.1. The van der Waals surface area contributed by atoms with Crippen LogP contribution in [0.2, 0.25) is 0 Å². The third kappa shape index (κ3) is 3.34. The number of hydrazine groups is 1. The van der Waals surface area contributed by atoms with E-state index in [1.807, 2.05) is 39.1 Å². The van der Waals surface area contributed by atoms with Crippen molar-refractivity contribution >= 4 is 22.6 Å². The van der Waals surface area contributed by atoms with E-state index in [0.29, 0.717) is 12.4 Å². The van der Waals surface area contributed by atoms with Crippen molar-refractivity contribution in [1.82, 2.24) is 40.8 Å². The zero-order valence-electron chi connectivity index (χ0n) is 15.2. The van der Waals surface area contributed by atoms with Crippen molar-refractivity contribution in [3.05, 3.63) is 24.5 Å². The smallest absolute Gasteiger partial charge is 0.233 e. The normalized spacial score (nSPS) is 19.7. The van der Waals surface area contributed by atoms with Crippen LogP contribution >= 0.6 is 0 Å². The monoisotopic (exact) mass is 371 g/mol. The number of benzene rings is 1. The summed E-state index contributed by atoms with van der Waals surface area (Å²) in [5, 5.41) is 19.3. The number of amides is 1. The topological polar surface area (TPSA) is 124 Å². The van der Waals surface area contributed by atoms with Gasteiger partial charge in [-0.05, 0) is 36.4 Å². The highest BCUT2D eigenvalue weighted by Gasteiger charge is 2.35. The number of fused-ring (bicyclic) bond motifs is 1. The Balaban J connectivity index is 1.57. The fourth-order valence-electron chi connectivity index (χ4n) is 3.15. The maximum absolute atomic E-state index is 12.8. The molecule has 4 rings (SSSR count). The van der Waals surface area contributed by atoms with Crippen LogP contribution in [-0.4, -0.2) is 48.5 Å². The molecule has 0 saturated carbocycles. The average molecular weight is 371 g/mol. The summed E-state index contributed by atoms with van der Waals surface area (Å²) >= 11 is 0. The first-order valence-electron chi connectivity index (χ1n) is 8.68. The van der Waals surface area contributed by atoms with Gasteiger partial charge >= 0.3 is 0 Å². The lowest BCUT2D eigenvalue weighted by Gasteiger charge is -2.16. The van der Waals surface area contributed by atoms with E-state index >= 15 is 0 Å². The molecule has 3 aromatic rings. The molecule has 0 spiro atoms. The van der Waals surface area contributed by atoms with Crippen molar-refractivity contribution in [2.24, 2.45) is 13.0 Å². The molecule has 2 aromatic heterocycles. The molecule has 11 heteroatoms. The Bertz CT molecular complexity index is 950. The summed E-state index contributed by atoms with van der Waals surface area (Å²) in [6, 6.07) is 5.70. The second-order valence-electron chi connectivity index (χ2n) is 6.67. The lowest BCUT2D eigenvalue weighted by Crippen LogP contribution is -2.34. The van der Waals surface area contributed by atoms with Crippen LogP contribution in [0.15, 0.2) is 24.5 Å². The lowest BCUT2D eigenvalue weighted by molar-refractivity contribution is -0.120. The highest BCUT2D eigenvalue weighted by Crippen LogP contribution is 2.28. The molecule has 2 unspecified atom stereocenters. The van der Waals surface area contributed by atoms with Crippen LogP contribution in [0, 0.1) is 5.92 Å². The zero-order chi connectivity index (χ0) is 19.0. The number of nitrogens with one attached hydrogen (secondary N) is 3. The van der Waals surface area contributed by atoms with Crippen molar-refractivity contribution < 1.29 is 9.53 Å². The van der Waals surface area contributed by atoms with E-state index in [1.54, 1.807) is 4.68 Å². The first kappa shape index (κ1) is 17.4. The standard InChI is InChI=1S/C16H21N9O2/c1-9(2)27-10-4-5-11-13(6-10)24(3)21-14(11)19-16(26)12-7-17-20-15(12)25-8-18-22-23-25/h4-6,8-9,12,15,17,20H,7H2,1-3H3,(H,19,21,26). The van der Waals surface area contributed by atoms with Crippen LogP contribution in [0.25, 0.3) is 10.9 Å².